The SMILES string of the molecule is COc1cc(N)c(Cl)cc1C(=O)O[C@@H](C)C(=O)Nc1ccccc1[N+](=O)[O-]. The Balaban J connectivity index is 2.14. The van der Waals surface area contributed by atoms with Crippen LogP contribution in [-0.2, 0) is 9.53 Å². The minimum atomic E-state index is -1.24. The first-order chi connectivity index (χ1) is 12.7. The number of para-hydroxylation sites is 2. The summed E-state index contributed by atoms with van der Waals surface area (Å²) >= 11 is 5.91. The van der Waals surface area contributed by atoms with E-state index in [1.54, 1.807) is 0 Å². The number of carbonyl (C=O) groups is 2. The number of nitro benzene ring substituents is 1. The van der Waals surface area contributed by atoms with Crippen molar-refractivity contribution in [3.05, 3.63) is 57.1 Å². The normalized spacial score (nSPS) is 11.4. The summed E-state index contributed by atoms with van der Waals surface area (Å²) in [4.78, 5) is 34.9. The number of nitrogens with two attached hydrogens (primary N) is 1. The second-order valence-corrected chi connectivity index (χ2v) is 5.79. The van der Waals surface area contributed by atoms with Crippen LogP contribution in [0.5, 0.6) is 5.75 Å². The smallest absolute Gasteiger partial charge is 0.342 e. The van der Waals surface area contributed by atoms with Crippen LogP contribution < -0.4 is 15.8 Å². The van der Waals surface area contributed by atoms with Crippen molar-refractivity contribution in [2.45, 2.75) is 13.0 Å². The number of nitrogen functional groups attached to an aromatic ring is 1. The minimum Gasteiger partial charge on any atom is -0.496 e. The molecule has 0 saturated heterocycles. The number of methoxy groups -OCH3 is 1. The Hall–Kier alpha value is -3.33. The number of nitrogens with one attached hydrogen (secondary N) is 1. The van der Waals surface area contributed by atoms with E-state index in [2.05, 4.69) is 5.32 Å². The Morgan fingerprint density at radius 3 is 2.59 bits per heavy atom. The molecule has 3 N–H and O–H groups in total. The second kappa shape index (κ2) is 8.37. The zero-order valence-corrected chi connectivity index (χ0v) is 15.1. The number of ether oxygens (including phenoxy) is 2. The number of halogens is 1. The van der Waals surface area contributed by atoms with Gasteiger partial charge in [0.25, 0.3) is 11.6 Å². The number of rotatable bonds is 6. The van der Waals surface area contributed by atoms with Crippen molar-refractivity contribution in [2.24, 2.45) is 0 Å². The lowest BCUT2D eigenvalue weighted by molar-refractivity contribution is -0.383. The fourth-order valence-electron chi connectivity index (χ4n) is 2.15. The predicted octanol–water partition coefficient (Wildman–Crippen LogP) is 3.02. The maximum atomic E-state index is 12.3. The van der Waals surface area contributed by atoms with Gasteiger partial charge >= 0.3 is 5.97 Å². The molecule has 10 heteroatoms. The number of anilines is 2. The van der Waals surface area contributed by atoms with Crippen molar-refractivity contribution < 1.29 is 24.0 Å². The van der Waals surface area contributed by atoms with Crippen LogP contribution in [0.3, 0.4) is 0 Å². The molecule has 0 fully saturated rings. The highest BCUT2D eigenvalue weighted by Crippen LogP contribution is 2.29. The fourth-order valence-corrected chi connectivity index (χ4v) is 2.31. The molecule has 0 bridgehead atoms. The average molecular weight is 394 g/mol. The van der Waals surface area contributed by atoms with Crippen LogP contribution in [-0.4, -0.2) is 30.0 Å². The van der Waals surface area contributed by atoms with Crippen LogP contribution in [0.2, 0.25) is 5.02 Å². The van der Waals surface area contributed by atoms with Crippen LogP contribution >= 0.6 is 11.6 Å². The predicted molar refractivity (Wildman–Crippen MR) is 99.0 cm³/mol. The maximum Gasteiger partial charge on any atom is 0.342 e. The van der Waals surface area contributed by atoms with Gasteiger partial charge in [0.05, 0.1) is 22.7 Å². The van der Waals surface area contributed by atoms with Gasteiger partial charge < -0.3 is 20.5 Å². The number of hydrogen-bond acceptors (Lipinski definition) is 7. The van der Waals surface area contributed by atoms with Crippen molar-refractivity contribution in [2.75, 3.05) is 18.2 Å². The summed E-state index contributed by atoms with van der Waals surface area (Å²) < 4.78 is 10.2. The lowest BCUT2D eigenvalue weighted by Gasteiger charge is -2.15. The van der Waals surface area contributed by atoms with E-state index >= 15 is 0 Å². The third-order valence-corrected chi connectivity index (χ3v) is 3.88. The molecule has 27 heavy (non-hydrogen) atoms. The minimum absolute atomic E-state index is 0.0106. The molecule has 0 aliphatic rings. The van der Waals surface area contributed by atoms with Gasteiger partial charge in [-0.25, -0.2) is 4.79 Å². The third-order valence-electron chi connectivity index (χ3n) is 3.55. The molecule has 0 heterocycles. The maximum absolute atomic E-state index is 12.3. The first kappa shape index (κ1) is 20.0. The molecule has 0 aliphatic heterocycles. The largest absolute Gasteiger partial charge is 0.496 e. The summed E-state index contributed by atoms with van der Waals surface area (Å²) in [7, 11) is 1.34. The monoisotopic (exact) mass is 393 g/mol. The van der Waals surface area contributed by atoms with Gasteiger partial charge in [-0.15, -0.1) is 0 Å². The van der Waals surface area contributed by atoms with Gasteiger partial charge in [0.1, 0.15) is 17.0 Å². The van der Waals surface area contributed by atoms with E-state index in [9.17, 15) is 19.7 Å². The molecule has 0 aliphatic carbocycles. The van der Waals surface area contributed by atoms with Gasteiger partial charge in [0, 0.05) is 12.1 Å². The highest BCUT2D eigenvalue weighted by molar-refractivity contribution is 6.33. The van der Waals surface area contributed by atoms with Crippen LogP contribution in [0, 0.1) is 10.1 Å². The molecular formula is C17H16ClN3O6. The quantitative estimate of drug-likeness (QED) is 0.333. The average Bonchev–Trinajstić information content (AvgIpc) is 2.63. The molecule has 142 valence electrons. The van der Waals surface area contributed by atoms with Crippen LogP contribution in [0.25, 0.3) is 0 Å². The number of amides is 1. The first-order valence-corrected chi connectivity index (χ1v) is 8.00. The second-order valence-electron chi connectivity index (χ2n) is 5.39. The van der Waals surface area contributed by atoms with Gasteiger partial charge in [-0.3, -0.25) is 14.9 Å². The Morgan fingerprint density at radius 2 is 1.96 bits per heavy atom. The molecule has 0 radical (unpaired) electrons. The molecule has 2 aromatic rings. The third kappa shape index (κ3) is 4.64. The summed E-state index contributed by atoms with van der Waals surface area (Å²) in [6, 6.07) is 8.23. The number of benzene rings is 2. The standard InChI is InChI=1S/C17H16ClN3O6/c1-9(16(22)20-13-5-3-4-6-14(13)21(24)25)27-17(23)10-7-11(18)12(19)8-15(10)26-2/h3-9H,19H2,1-2H3,(H,20,22)/t9-/m0/s1. The van der Waals surface area contributed by atoms with E-state index in [1.807, 2.05) is 0 Å². The summed E-state index contributed by atoms with van der Waals surface area (Å²) in [5.41, 5.74) is 5.57. The number of nitrogens with zero attached hydrogens (tertiary/aromatic N) is 1. The van der Waals surface area contributed by atoms with E-state index in [0.29, 0.717) is 0 Å². The van der Waals surface area contributed by atoms with Crippen LogP contribution in [0.15, 0.2) is 36.4 Å². The number of esters is 1. The summed E-state index contributed by atoms with van der Waals surface area (Å²) in [6.45, 7) is 1.33. The Morgan fingerprint density at radius 1 is 1.30 bits per heavy atom. The molecular weight excluding hydrogens is 378 g/mol. The van der Waals surface area contributed by atoms with E-state index in [-0.39, 0.29) is 33.4 Å². The fraction of sp³-hybridized carbons (Fsp3) is 0.176. The van der Waals surface area contributed by atoms with Gasteiger partial charge in [-0.2, -0.15) is 0 Å². The van der Waals surface area contributed by atoms with E-state index in [4.69, 9.17) is 26.8 Å². The van der Waals surface area contributed by atoms with Crippen LogP contribution in [0.1, 0.15) is 17.3 Å². The van der Waals surface area contributed by atoms with Gasteiger partial charge in [-0.05, 0) is 19.1 Å². The van der Waals surface area contributed by atoms with E-state index in [0.717, 1.165) is 0 Å². The van der Waals surface area contributed by atoms with Crippen molar-refractivity contribution in [1.82, 2.24) is 0 Å². The Kier molecular flexibility index (Phi) is 6.19. The molecule has 2 rings (SSSR count). The Bertz CT molecular complexity index is 902. The molecule has 0 unspecified atom stereocenters. The molecule has 1 atom stereocenters. The van der Waals surface area contributed by atoms with Gasteiger partial charge in [0.2, 0.25) is 0 Å². The summed E-state index contributed by atoms with van der Waals surface area (Å²) in [5, 5.41) is 13.5. The molecule has 9 nitrogen and oxygen atoms in total. The molecule has 2 aromatic carbocycles. The lowest BCUT2D eigenvalue weighted by Crippen LogP contribution is -2.30. The van der Waals surface area contributed by atoms with Crippen molar-refractivity contribution in [1.29, 1.82) is 0 Å². The van der Waals surface area contributed by atoms with E-state index in [1.165, 1.54) is 50.4 Å². The highest BCUT2D eigenvalue weighted by atomic mass is 35.5. The Labute approximate surface area is 159 Å². The van der Waals surface area contributed by atoms with Crippen molar-refractivity contribution in [3.8, 4) is 5.75 Å². The highest BCUT2D eigenvalue weighted by Gasteiger charge is 2.24. The molecule has 1 amide bonds. The number of carbonyl (C=O) groups excluding carboxylic acids is 2. The van der Waals surface area contributed by atoms with Crippen LogP contribution in [0.4, 0.5) is 17.1 Å². The van der Waals surface area contributed by atoms with Crippen molar-refractivity contribution in [3.63, 3.8) is 0 Å². The number of hydrogen-bond donors (Lipinski definition) is 2. The first-order valence-electron chi connectivity index (χ1n) is 7.62. The molecule has 0 saturated carbocycles. The van der Waals surface area contributed by atoms with Gasteiger partial charge in [0.15, 0.2) is 6.10 Å². The summed E-state index contributed by atoms with van der Waals surface area (Å²) in [5.74, 6) is -1.47. The summed E-state index contributed by atoms with van der Waals surface area (Å²) in [6.07, 6.45) is -1.24. The lowest BCUT2D eigenvalue weighted by atomic mass is 10.2. The zero-order valence-electron chi connectivity index (χ0n) is 14.4. The molecule has 0 spiro atoms. The zero-order chi connectivity index (χ0) is 20.1. The van der Waals surface area contributed by atoms with Gasteiger partial charge in [-0.1, -0.05) is 23.7 Å². The molecule has 0 aromatic heterocycles. The number of nitro groups is 1. The van der Waals surface area contributed by atoms with Crippen molar-refractivity contribution >= 4 is 40.5 Å². The topological polar surface area (TPSA) is 134 Å². The van der Waals surface area contributed by atoms with E-state index < -0.39 is 22.9 Å².